The number of carbonyl (C=O) groups excluding carboxylic acids is 1. The minimum atomic E-state index is -2.39. The molecule has 0 aliphatic carbocycles. The van der Waals surface area contributed by atoms with E-state index >= 15 is 0 Å². The van der Waals surface area contributed by atoms with Crippen LogP contribution in [0.3, 0.4) is 0 Å². The molecule has 0 fully saturated rings. The van der Waals surface area contributed by atoms with Crippen LogP contribution in [0.15, 0.2) is 36.8 Å². The summed E-state index contributed by atoms with van der Waals surface area (Å²) in [6, 6.07) is 0.691. The zero-order valence-electron chi connectivity index (χ0n) is 12.4. The van der Waals surface area contributed by atoms with Crippen LogP contribution in [0.5, 0.6) is 0 Å². The SMILES string of the molecule is C=C(C)O[Si](C)(CCCOC(=O)C(=C)C)OC(=C)C. The van der Waals surface area contributed by atoms with Crippen molar-refractivity contribution in [2.45, 2.75) is 39.8 Å². The summed E-state index contributed by atoms with van der Waals surface area (Å²) in [7, 11) is -2.39. The molecule has 0 rings (SSSR count). The molecule has 0 radical (unpaired) electrons. The fraction of sp³-hybridized carbons (Fsp3) is 0.500. The Balaban J connectivity index is 4.27. The number of rotatable bonds is 9. The number of hydrogen-bond acceptors (Lipinski definition) is 4. The summed E-state index contributed by atoms with van der Waals surface area (Å²) in [5.74, 6) is 0.869. The molecule has 0 saturated carbocycles. The van der Waals surface area contributed by atoms with Crippen molar-refractivity contribution in [3.63, 3.8) is 0 Å². The van der Waals surface area contributed by atoms with Gasteiger partial charge in [-0.15, -0.1) is 0 Å². The molecule has 0 aromatic heterocycles. The third-order valence-corrected chi connectivity index (χ3v) is 4.96. The Kier molecular flexibility index (Phi) is 7.22. The molecular weight excluding hydrogens is 260 g/mol. The predicted octanol–water partition coefficient (Wildman–Crippen LogP) is 3.67. The lowest BCUT2D eigenvalue weighted by Crippen LogP contribution is -2.37. The number of allylic oxidation sites excluding steroid dienone is 2. The maximum absolute atomic E-state index is 11.2. The number of carbonyl (C=O) groups is 1. The van der Waals surface area contributed by atoms with E-state index in [0.29, 0.717) is 36.2 Å². The third-order valence-electron chi connectivity index (χ3n) is 2.14. The average Bonchev–Trinajstić information content (AvgIpc) is 2.21. The van der Waals surface area contributed by atoms with E-state index in [2.05, 4.69) is 19.7 Å². The van der Waals surface area contributed by atoms with Crippen LogP contribution < -0.4 is 0 Å². The second kappa shape index (κ2) is 7.84. The van der Waals surface area contributed by atoms with Gasteiger partial charge < -0.3 is 13.6 Å². The second-order valence-electron chi connectivity index (χ2n) is 4.76. The van der Waals surface area contributed by atoms with Crippen molar-refractivity contribution in [3.05, 3.63) is 36.8 Å². The van der Waals surface area contributed by atoms with Crippen molar-refractivity contribution in [2.24, 2.45) is 0 Å². The van der Waals surface area contributed by atoms with Crippen molar-refractivity contribution < 1.29 is 18.4 Å². The van der Waals surface area contributed by atoms with Crippen LogP contribution in [0.25, 0.3) is 0 Å². The summed E-state index contributed by atoms with van der Waals surface area (Å²) < 4.78 is 16.4. The molecule has 5 heteroatoms. The van der Waals surface area contributed by atoms with Gasteiger partial charge in [0.1, 0.15) is 0 Å². The van der Waals surface area contributed by atoms with Gasteiger partial charge in [-0.1, -0.05) is 19.7 Å². The van der Waals surface area contributed by atoms with E-state index in [-0.39, 0.29) is 5.97 Å². The maximum Gasteiger partial charge on any atom is 0.456 e. The van der Waals surface area contributed by atoms with Crippen LogP contribution in [-0.4, -0.2) is 21.1 Å². The Morgan fingerprint density at radius 2 is 1.53 bits per heavy atom. The monoisotopic (exact) mass is 284 g/mol. The van der Waals surface area contributed by atoms with Crippen molar-refractivity contribution in [3.8, 4) is 0 Å². The van der Waals surface area contributed by atoms with Crippen LogP contribution in [-0.2, 0) is 18.4 Å². The van der Waals surface area contributed by atoms with Crippen LogP contribution in [0, 0.1) is 0 Å². The first kappa shape index (κ1) is 17.5. The molecule has 0 aromatic rings. The zero-order valence-corrected chi connectivity index (χ0v) is 13.4. The van der Waals surface area contributed by atoms with Gasteiger partial charge in [0.25, 0.3) is 0 Å². The van der Waals surface area contributed by atoms with Crippen molar-refractivity contribution in [1.82, 2.24) is 0 Å². The number of ether oxygens (including phenoxy) is 1. The molecular formula is C14H24O4Si. The summed E-state index contributed by atoms with van der Waals surface area (Å²) >= 11 is 0. The topological polar surface area (TPSA) is 44.8 Å². The summed E-state index contributed by atoms with van der Waals surface area (Å²) in [5, 5.41) is 0. The van der Waals surface area contributed by atoms with Crippen LogP contribution in [0.2, 0.25) is 12.6 Å². The average molecular weight is 284 g/mol. The summed E-state index contributed by atoms with van der Waals surface area (Å²) in [4.78, 5) is 11.2. The van der Waals surface area contributed by atoms with E-state index in [9.17, 15) is 4.79 Å². The largest absolute Gasteiger partial charge is 0.517 e. The Labute approximate surface area is 117 Å². The summed E-state index contributed by atoms with van der Waals surface area (Å²) in [6.07, 6.45) is 0.669. The fourth-order valence-corrected chi connectivity index (χ4v) is 4.05. The van der Waals surface area contributed by atoms with Crippen molar-refractivity contribution >= 4 is 14.5 Å². The standard InChI is InChI=1S/C14H24O4Si/c1-11(2)14(15)16-9-8-10-19(7,17-12(3)4)18-13(5)6/h1,3,5,8-10H2,2,4,6-7H3. The van der Waals surface area contributed by atoms with E-state index in [0.717, 1.165) is 0 Å². The van der Waals surface area contributed by atoms with Gasteiger partial charge in [-0.05, 0) is 27.2 Å². The highest BCUT2D eigenvalue weighted by Crippen LogP contribution is 2.21. The molecule has 0 bridgehead atoms. The molecule has 0 spiro atoms. The van der Waals surface area contributed by atoms with Gasteiger partial charge in [-0.3, -0.25) is 0 Å². The Hall–Kier alpha value is -1.49. The van der Waals surface area contributed by atoms with Crippen molar-refractivity contribution in [1.29, 1.82) is 0 Å². The van der Waals surface area contributed by atoms with Crippen molar-refractivity contribution in [2.75, 3.05) is 6.61 Å². The molecule has 0 aromatic carbocycles. The van der Waals surface area contributed by atoms with Gasteiger partial charge in [0, 0.05) is 18.2 Å². The minimum Gasteiger partial charge on any atom is -0.517 e. The Morgan fingerprint density at radius 1 is 1.05 bits per heavy atom. The first-order valence-electron chi connectivity index (χ1n) is 6.18. The summed E-state index contributed by atoms with van der Waals surface area (Å²) in [6.45, 7) is 18.4. The number of hydrogen-bond donors (Lipinski definition) is 0. The lowest BCUT2D eigenvalue weighted by atomic mass is 10.4. The lowest BCUT2D eigenvalue weighted by molar-refractivity contribution is -0.138. The molecule has 0 heterocycles. The Bertz CT molecular complexity index is 358. The lowest BCUT2D eigenvalue weighted by Gasteiger charge is -2.28. The molecule has 0 atom stereocenters. The smallest absolute Gasteiger partial charge is 0.456 e. The molecule has 108 valence electrons. The van der Waals surface area contributed by atoms with Gasteiger partial charge in [-0.2, -0.15) is 0 Å². The molecule has 0 saturated heterocycles. The third kappa shape index (κ3) is 8.26. The minimum absolute atomic E-state index is 0.327. The first-order chi connectivity index (χ1) is 8.66. The highest BCUT2D eigenvalue weighted by Gasteiger charge is 2.35. The molecule has 0 N–H and O–H groups in total. The summed E-state index contributed by atoms with van der Waals surface area (Å²) in [5.41, 5.74) is 0.399. The van der Waals surface area contributed by atoms with Crippen LogP contribution in [0.1, 0.15) is 27.2 Å². The van der Waals surface area contributed by atoms with Gasteiger partial charge in [0.05, 0.1) is 18.1 Å². The predicted molar refractivity (Wildman–Crippen MR) is 78.6 cm³/mol. The molecule has 0 amide bonds. The van der Waals surface area contributed by atoms with Gasteiger partial charge in [0.2, 0.25) is 0 Å². The quantitative estimate of drug-likeness (QED) is 0.213. The van der Waals surface area contributed by atoms with Gasteiger partial charge in [-0.25, -0.2) is 4.79 Å². The van der Waals surface area contributed by atoms with E-state index in [1.807, 2.05) is 6.55 Å². The maximum atomic E-state index is 11.2. The van der Waals surface area contributed by atoms with Gasteiger partial charge in [0.15, 0.2) is 0 Å². The molecule has 4 nitrogen and oxygen atoms in total. The van der Waals surface area contributed by atoms with Gasteiger partial charge >= 0.3 is 14.5 Å². The molecule has 0 aliphatic heterocycles. The molecule has 19 heavy (non-hydrogen) atoms. The molecule has 0 unspecified atom stereocenters. The van der Waals surface area contributed by atoms with E-state index < -0.39 is 8.56 Å². The highest BCUT2D eigenvalue weighted by atomic mass is 28.4. The first-order valence-corrected chi connectivity index (χ1v) is 8.70. The van der Waals surface area contributed by atoms with E-state index in [1.54, 1.807) is 20.8 Å². The highest BCUT2D eigenvalue weighted by molar-refractivity contribution is 6.66. The molecule has 0 aliphatic rings. The zero-order chi connectivity index (χ0) is 15.1. The number of esters is 1. The second-order valence-corrected chi connectivity index (χ2v) is 7.94. The van der Waals surface area contributed by atoms with E-state index in [4.69, 9.17) is 13.6 Å². The normalized spacial score (nSPS) is 10.5. The van der Waals surface area contributed by atoms with Crippen LogP contribution >= 0.6 is 0 Å². The van der Waals surface area contributed by atoms with E-state index in [1.165, 1.54) is 0 Å². The van der Waals surface area contributed by atoms with Crippen LogP contribution in [0.4, 0.5) is 0 Å². The Morgan fingerprint density at radius 3 is 1.89 bits per heavy atom. The fourth-order valence-electron chi connectivity index (χ4n) is 1.54.